The van der Waals surface area contributed by atoms with Crippen molar-refractivity contribution in [3.63, 3.8) is 0 Å². The third kappa shape index (κ3) is 5.31. The van der Waals surface area contributed by atoms with Crippen LogP contribution in [-0.2, 0) is 6.54 Å². The highest BCUT2D eigenvalue weighted by Crippen LogP contribution is 2.23. The lowest BCUT2D eigenvalue weighted by Gasteiger charge is -2.16. The average Bonchev–Trinajstić information content (AvgIpc) is 3.31. The number of imidazole rings is 1. The van der Waals surface area contributed by atoms with E-state index < -0.39 is 0 Å². The van der Waals surface area contributed by atoms with Crippen molar-refractivity contribution in [2.45, 2.75) is 46.2 Å². The van der Waals surface area contributed by atoms with E-state index in [4.69, 9.17) is 0 Å². The quantitative estimate of drug-likeness (QED) is 0.267. The van der Waals surface area contributed by atoms with Crippen LogP contribution in [0.3, 0.4) is 0 Å². The number of carbonyl (C=O) groups excluding carboxylic acids is 1. The molecule has 0 spiro atoms. The van der Waals surface area contributed by atoms with Gasteiger partial charge in [-0.2, -0.15) is 0 Å². The first-order valence-corrected chi connectivity index (χ1v) is 12.8. The Balaban J connectivity index is 1.29. The molecule has 0 aliphatic rings. The SMILES string of the molecule is Cc1ccccc1-c1ccc(Cn2cnc3cc(C(=O)N[C@@H](C)c4cccc(C(C)C)c4)ccc32)cn1. The number of pyridine rings is 1. The minimum atomic E-state index is -0.102. The molecule has 5 rings (SSSR count). The van der Waals surface area contributed by atoms with E-state index in [0.717, 1.165) is 33.4 Å². The van der Waals surface area contributed by atoms with Gasteiger partial charge in [0.25, 0.3) is 5.91 Å². The molecule has 2 heterocycles. The van der Waals surface area contributed by atoms with E-state index in [2.05, 4.69) is 89.2 Å². The molecule has 0 radical (unpaired) electrons. The van der Waals surface area contributed by atoms with Crippen molar-refractivity contribution >= 4 is 16.9 Å². The summed E-state index contributed by atoms with van der Waals surface area (Å²) in [6.07, 6.45) is 3.74. The predicted octanol–water partition coefficient (Wildman–Crippen LogP) is 7.07. The summed E-state index contributed by atoms with van der Waals surface area (Å²) in [5.74, 6) is 0.344. The molecule has 1 atom stereocenters. The maximum Gasteiger partial charge on any atom is 0.251 e. The van der Waals surface area contributed by atoms with E-state index in [9.17, 15) is 4.79 Å². The molecule has 5 heteroatoms. The molecule has 0 unspecified atom stereocenters. The lowest BCUT2D eigenvalue weighted by atomic mass is 9.98. The summed E-state index contributed by atoms with van der Waals surface area (Å²) >= 11 is 0. The Kier molecular flexibility index (Phi) is 6.87. The fraction of sp³-hybridized carbons (Fsp3) is 0.219. The van der Waals surface area contributed by atoms with Crippen LogP contribution >= 0.6 is 0 Å². The molecule has 186 valence electrons. The Morgan fingerprint density at radius 2 is 1.70 bits per heavy atom. The van der Waals surface area contributed by atoms with Crippen molar-refractivity contribution < 1.29 is 4.79 Å². The van der Waals surface area contributed by atoms with Crippen molar-refractivity contribution in [2.75, 3.05) is 0 Å². The Bertz CT molecular complexity index is 1550. The number of hydrogen-bond donors (Lipinski definition) is 1. The molecule has 0 bridgehead atoms. The van der Waals surface area contributed by atoms with Gasteiger partial charge in [-0.3, -0.25) is 9.78 Å². The van der Waals surface area contributed by atoms with Gasteiger partial charge in [0.15, 0.2) is 0 Å². The summed E-state index contributed by atoms with van der Waals surface area (Å²) in [5, 5.41) is 3.13. The minimum absolute atomic E-state index is 0.0883. The van der Waals surface area contributed by atoms with E-state index in [1.807, 2.05) is 49.8 Å². The minimum Gasteiger partial charge on any atom is -0.346 e. The second-order valence-corrected chi connectivity index (χ2v) is 9.96. The molecule has 1 amide bonds. The van der Waals surface area contributed by atoms with E-state index in [-0.39, 0.29) is 11.9 Å². The fourth-order valence-corrected chi connectivity index (χ4v) is 4.62. The highest BCUT2D eigenvalue weighted by atomic mass is 16.1. The average molecular weight is 489 g/mol. The van der Waals surface area contributed by atoms with Crippen molar-refractivity contribution in [1.29, 1.82) is 0 Å². The second kappa shape index (κ2) is 10.4. The second-order valence-electron chi connectivity index (χ2n) is 9.96. The zero-order valence-corrected chi connectivity index (χ0v) is 21.8. The van der Waals surface area contributed by atoms with Crippen LogP contribution in [0.2, 0.25) is 0 Å². The third-order valence-corrected chi connectivity index (χ3v) is 6.91. The van der Waals surface area contributed by atoms with E-state index >= 15 is 0 Å². The monoisotopic (exact) mass is 488 g/mol. The Morgan fingerprint density at radius 1 is 0.892 bits per heavy atom. The van der Waals surface area contributed by atoms with Gasteiger partial charge >= 0.3 is 0 Å². The number of aryl methyl sites for hydroxylation is 1. The van der Waals surface area contributed by atoms with Gasteiger partial charge in [-0.1, -0.05) is 68.4 Å². The summed E-state index contributed by atoms with van der Waals surface area (Å²) in [6.45, 7) is 9.12. The standard InChI is InChI=1S/C32H32N4O/c1-21(2)25-9-7-10-26(16-25)23(4)35-32(37)27-13-15-31-30(17-27)34-20-36(31)19-24-12-14-29(33-18-24)28-11-6-5-8-22(28)3/h5-18,20-21,23H,19H2,1-4H3,(H,35,37)/t23-/m0/s1. The largest absolute Gasteiger partial charge is 0.346 e. The lowest BCUT2D eigenvalue weighted by molar-refractivity contribution is 0.0940. The molecule has 0 aliphatic heterocycles. The van der Waals surface area contributed by atoms with Crippen LogP contribution in [0.5, 0.6) is 0 Å². The van der Waals surface area contributed by atoms with Gasteiger partial charge in [-0.25, -0.2) is 4.98 Å². The first-order chi connectivity index (χ1) is 17.9. The van der Waals surface area contributed by atoms with Gasteiger partial charge in [0.05, 0.1) is 35.6 Å². The number of nitrogens with zero attached hydrogens (tertiary/aromatic N) is 3. The molecule has 37 heavy (non-hydrogen) atoms. The molecular weight excluding hydrogens is 456 g/mol. The van der Waals surface area contributed by atoms with Gasteiger partial charge < -0.3 is 9.88 Å². The number of carbonyl (C=O) groups is 1. The van der Waals surface area contributed by atoms with Crippen molar-refractivity contribution in [3.05, 3.63) is 119 Å². The number of hydrogen-bond acceptors (Lipinski definition) is 3. The molecule has 2 aromatic heterocycles. The number of amides is 1. The molecule has 1 N–H and O–H groups in total. The lowest BCUT2D eigenvalue weighted by Crippen LogP contribution is -2.26. The smallest absolute Gasteiger partial charge is 0.251 e. The number of aromatic nitrogens is 3. The van der Waals surface area contributed by atoms with Gasteiger partial charge in [-0.15, -0.1) is 0 Å². The molecule has 0 fully saturated rings. The molecule has 3 aromatic carbocycles. The van der Waals surface area contributed by atoms with Crippen LogP contribution in [-0.4, -0.2) is 20.4 Å². The van der Waals surface area contributed by atoms with E-state index in [0.29, 0.717) is 18.0 Å². The van der Waals surface area contributed by atoms with Crippen LogP contribution in [0.1, 0.15) is 65.3 Å². The molecule has 0 saturated heterocycles. The van der Waals surface area contributed by atoms with Crippen molar-refractivity contribution in [2.24, 2.45) is 0 Å². The normalized spacial score (nSPS) is 12.1. The Morgan fingerprint density at radius 3 is 2.46 bits per heavy atom. The highest BCUT2D eigenvalue weighted by Gasteiger charge is 2.14. The van der Waals surface area contributed by atoms with Gasteiger partial charge in [0, 0.05) is 17.3 Å². The van der Waals surface area contributed by atoms with Crippen LogP contribution < -0.4 is 5.32 Å². The summed E-state index contributed by atoms with van der Waals surface area (Å²) in [7, 11) is 0. The van der Waals surface area contributed by atoms with Crippen molar-refractivity contribution in [1.82, 2.24) is 19.9 Å². The first-order valence-electron chi connectivity index (χ1n) is 12.8. The zero-order valence-electron chi connectivity index (χ0n) is 21.8. The highest BCUT2D eigenvalue weighted by molar-refractivity contribution is 5.97. The molecule has 0 saturated carbocycles. The van der Waals surface area contributed by atoms with Gasteiger partial charge in [0.1, 0.15) is 0 Å². The third-order valence-electron chi connectivity index (χ3n) is 6.91. The van der Waals surface area contributed by atoms with Crippen LogP contribution in [0.4, 0.5) is 0 Å². The first kappa shape index (κ1) is 24.4. The van der Waals surface area contributed by atoms with E-state index in [1.165, 1.54) is 11.1 Å². The molecule has 0 aliphatic carbocycles. The number of benzene rings is 3. The van der Waals surface area contributed by atoms with E-state index in [1.54, 1.807) is 0 Å². The Labute approximate surface area is 218 Å². The van der Waals surface area contributed by atoms with Gasteiger partial charge in [0.2, 0.25) is 0 Å². The van der Waals surface area contributed by atoms with Crippen molar-refractivity contribution in [3.8, 4) is 11.3 Å². The Hall–Kier alpha value is -4.25. The molecular formula is C32H32N4O. The number of nitrogens with one attached hydrogen (secondary N) is 1. The zero-order chi connectivity index (χ0) is 25.9. The molecule has 5 nitrogen and oxygen atoms in total. The summed E-state index contributed by atoms with van der Waals surface area (Å²) in [5.41, 5.74) is 9.18. The maximum absolute atomic E-state index is 13.0. The summed E-state index contributed by atoms with van der Waals surface area (Å²) in [6, 6.07) is 26.5. The van der Waals surface area contributed by atoms with Crippen LogP contribution in [0.25, 0.3) is 22.3 Å². The summed E-state index contributed by atoms with van der Waals surface area (Å²) in [4.78, 5) is 22.3. The number of rotatable bonds is 7. The van der Waals surface area contributed by atoms with Crippen LogP contribution in [0, 0.1) is 6.92 Å². The molecule has 5 aromatic rings. The predicted molar refractivity (Wildman–Crippen MR) is 150 cm³/mol. The fourth-order valence-electron chi connectivity index (χ4n) is 4.62. The summed E-state index contributed by atoms with van der Waals surface area (Å²) < 4.78 is 2.08. The maximum atomic E-state index is 13.0. The topological polar surface area (TPSA) is 59.8 Å². The van der Waals surface area contributed by atoms with Crippen LogP contribution in [0.15, 0.2) is 91.4 Å². The number of fused-ring (bicyclic) bond motifs is 1. The van der Waals surface area contributed by atoms with Gasteiger partial charge in [-0.05, 0) is 66.3 Å².